The molecule has 1 amide bonds. The Morgan fingerprint density at radius 2 is 1.85 bits per heavy atom. The quantitative estimate of drug-likeness (QED) is 0.641. The van der Waals surface area contributed by atoms with Gasteiger partial charge in [-0.15, -0.1) is 0 Å². The minimum Gasteiger partial charge on any atom is -0.330 e. The van der Waals surface area contributed by atoms with E-state index in [1.165, 1.54) is 6.08 Å². The number of amides is 1. The first-order valence-electron chi connectivity index (χ1n) is 8.46. The van der Waals surface area contributed by atoms with Crippen molar-refractivity contribution in [1.29, 1.82) is 0 Å². The van der Waals surface area contributed by atoms with Gasteiger partial charge in [0.05, 0.1) is 5.69 Å². The number of rotatable bonds is 6. The normalized spacial score (nSPS) is 13.0. The summed E-state index contributed by atoms with van der Waals surface area (Å²) in [7, 11) is 0. The van der Waals surface area contributed by atoms with Crippen LogP contribution in [0.15, 0.2) is 6.08 Å². The lowest BCUT2D eigenvalue weighted by atomic mass is 9.96. The van der Waals surface area contributed by atoms with E-state index in [2.05, 4.69) is 5.10 Å². The van der Waals surface area contributed by atoms with E-state index in [4.69, 9.17) is 11.6 Å². The summed E-state index contributed by atoms with van der Waals surface area (Å²) in [6, 6.07) is 0. The number of alkyl halides is 3. The lowest BCUT2D eigenvalue weighted by Crippen LogP contribution is -2.42. The molecule has 8 heteroatoms. The molecule has 26 heavy (non-hydrogen) atoms. The van der Waals surface area contributed by atoms with E-state index in [1.54, 1.807) is 32.4 Å². The highest BCUT2D eigenvalue weighted by Gasteiger charge is 2.34. The Morgan fingerprint density at radius 1 is 1.27 bits per heavy atom. The maximum atomic E-state index is 12.8. The Balaban J connectivity index is 3.03. The lowest BCUT2D eigenvalue weighted by molar-refractivity contribution is -0.160. The second-order valence-corrected chi connectivity index (χ2v) is 8.43. The molecule has 1 aromatic rings. The third-order valence-corrected chi connectivity index (χ3v) is 3.79. The smallest absolute Gasteiger partial charge is 0.330 e. The summed E-state index contributed by atoms with van der Waals surface area (Å²) in [6.45, 7) is 10.5. The maximum absolute atomic E-state index is 12.8. The Morgan fingerprint density at radius 3 is 2.31 bits per heavy atom. The van der Waals surface area contributed by atoms with Gasteiger partial charge in [-0.05, 0) is 24.3 Å². The van der Waals surface area contributed by atoms with Crippen LogP contribution in [0.25, 0.3) is 6.08 Å². The molecule has 1 aromatic heterocycles. The number of nitrogens with zero attached hydrogens (tertiary/aromatic N) is 3. The van der Waals surface area contributed by atoms with Crippen molar-refractivity contribution in [3.05, 3.63) is 22.5 Å². The predicted molar refractivity (Wildman–Crippen MR) is 97.9 cm³/mol. The monoisotopic (exact) mass is 393 g/mol. The van der Waals surface area contributed by atoms with Gasteiger partial charge in [-0.3, -0.25) is 9.48 Å². The lowest BCUT2D eigenvalue weighted by Gasteiger charge is -2.29. The number of halogens is 4. The molecule has 1 heterocycles. The molecule has 4 nitrogen and oxygen atoms in total. The molecule has 0 N–H and O–H groups in total. The molecule has 0 fully saturated rings. The third-order valence-electron chi connectivity index (χ3n) is 3.39. The molecule has 0 radical (unpaired) electrons. The zero-order chi connectivity index (χ0) is 20.3. The zero-order valence-electron chi connectivity index (χ0n) is 16.1. The maximum Gasteiger partial charge on any atom is 0.406 e. The Hall–Kier alpha value is -1.50. The first kappa shape index (κ1) is 22.5. The fourth-order valence-corrected chi connectivity index (χ4v) is 2.79. The van der Waals surface area contributed by atoms with E-state index in [0.29, 0.717) is 28.9 Å². The minimum atomic E-state index is -4.45. The Bertz CT molecular complexity index is 642. The number of hydrogen-bond donors (Lipinski definition) is 0. The van der Waals surface area contributed by atoms with Crippen LogP contribution in [0.4, 0.5) is 13.2 Å². The molecule has 0 spiro atoms. The highest BCUT2D eigenvalue weighted by Crippen LogP contribution is 2.24. The van der Waals surface area contributed by atoms with Gasteiger partial charge in [0.2, 0.25) is 5.91 Å². The van der Waals surface area contributed by atoms with Gasteiger partial charge in [-0.25, -0.2) is 0 Å². The molecule has 1 rings (SSSR count). The second-order valence-electron chi connectivity index (χ2n) is 8.07. The van der Waals surface area contributed by atoms with Crippen molar-refractivity contribution < 1.29 is 18.0 Å². The summed E-state index contributed by atoms with van der Waals surface area (Å²) in [6.07, 6.45) is -1.88. The van der Waals surface area contributed by atoms with Crippen LogP contribution in [0.2, 0.25) is 5.15 Å². The SMILES string of the molecule is Cc1nn(CC(C)C)c(Cl)c1/C=C/C(=O)N(CC(C)(C)C)CC(F)(F)F. The molecule has 0 saturated carbocycles. The first-order chi connectivity index (χ1) is 11.7. The van der Waals surface area contributed by atoms with E-state index in [-0.39, 0.29) is 6.54 Å². The van der Waals surface area contributed by atoms with Crippen LogP contribution in [-0.2, 0) is 11.3 Å². The van der Waals surface area contributed by atoms with Gasteiger partial charge < -0.3 is 4.90 Å². The van der Waals surface area contributed by atoms with E-state index in [9.17, 15) is 18.0 Å². The summed E-state index contributed by atoms with van der Waals surface area (Å²) in [5, 5.41) is 4.69. The van der Waals surface area contributed by atoms with E-state index in [0.717, 1.165) is 11.0 Å². The largest absolute Gasteiger partial charge is 0.406 e. The number of carbonyl (C=O) groups is 1. The van der Waals surface area contributed by atoms with Crippen molar-refractivity contribution in [2.75, 3.05) is 13.1 Å². The molecular weight excluding hydrogens is 367 g/mol. The van der Waals surface area contributed by atoms with Gasteiger partial charge in [0, 0.05) is 24.7 Å². The predicted octanol–water partition coefficient (Wildman–Crippen LogP) is 4.95. The fraction of sp³-hybridized carbons (Fsp3) is 0.667. The van der Waals surface area contributed by atoms with Crippen LogP contribution in [0.3, 0.4) is 0 Å². The van der Waals surface area contributed by atoms with Crippen LogP contribution in [0, 0.1) is 18.3 Å². The highest BCUT2D eigenvalue weighted by atomic mass is 35.5. The van der Waals surface area contributed by atoms with Crippen molar-refractivity contribution in [1.82, 2.24) is 14.7 Å². The molecule has 0 bridgehead atoms. The molecule has 0 aliphatic heterocycles. The standard InChI is InChI=1S/C18H27ClF3N3O/c1-12(2)9-25-16(19)14(13(3)23-25)7-8-15(26)24(10-17(4,5)6)11-18(20,21)22/h7-8,12H,9-11H2,1-6H3/b8-7+. The minimum absolute atomic E-state index is 0.00495. The summed E-state index contributed by atoms with van der Waals surface area (Å²) in [5.41, 5.74) is 0.714. The van der Waals surface area contributed by atoms with Crippen molar-refractivity contribution in [3.8, 4) is 0 Å². The van der Waals surface area contributed by atoms with Gasteiger partial charge in [0.1, 0.15) is 11.7 Å². The molecule has 0 aliphatic carbocycles. The molecule has 0 aromatic carbocycles. The van der Waals surface area contributed by atoms with Crippen LogP contribution in [0.5, 0.6) is 0 Å². The molecule has 148 valence electrons. The van der Waals surface area contributed by atoms with Crippen molar-refractivity contribution in [2.45, 2.75) is 54.3 Å². The van der Waals surface area contributed by atoms with Gasteiger partial charge in [0.25, 0.3) is 0 Å². The second kappa shape index (κ2) is 8.46. The Labute approximate surface area is 158 Å². The number of hydrogen-bond acceptors (Lipinski definition) is 2. The summed E-state index contributed by atoms with van der Waals surface area (Å²) in [5.74, 6) is -0.372. The van der Waals surface area contributed by atoms with Crippen LogP contribution >= 0.6 is 11.6 Å². The topological polar surface area (TPSA) is 38.1 Å². The van der Waals surface area contributed by atoms with Gasteiger partial charge in [-0.2, -0.15) is 18.3 Å². The van der Waals surface area contributed by atoms with Gasteiger partial charge >= 0.3 is 6.18 Å². The average molecular weight is 394 g/mol. The zero-order valence-corrected chi connectivity index (χ0v) is 16.9. The first-order valence-corrected chi connectivity index (χ1v) is 8.84. The average Bonchev–Trinajstić information content (AvgIpc) is 2.66. The molecule has 0 atom stereocenters. The van der Waals surface area contributed by atoms with Crippen molar-refractivity contribution in [2.24, 2.45) is 11.3 Å². The van der Waals surface area contributed by atoms with E-state index in [1.807, 2.05) is 13.8 Å². The van der Waals surface area contributed by atoms with Crippen molar-refractivity contribution in [3.63, 3.8) is 0 Å². The van der Waals surface area contributed by atoms with E-state index >= 15 is 0 Å². The molecule has 0 saturated heterocycles. The number of aromatic nitrogens is 2. The number of carbonyl (C=O) groups excluding carboxylic acids is 1. The summed E-state index contributed by atoms with van der Waals surface area (Å²) >= 11 is 6.29. The van der Waals surface area contributed by atoms with Gasteiger partial charge in [0.15, 0.2) is 0 Å². The van der Waals surface area contributed by atoms with Crippen molar-refractivity contribution >= 4 is 23.6 Å². The van der Waals surface area contributed by atoms with Crippen LogP contribution in [-0.4, -0.2) is 39.9 Å². The molecular formula is C18H27ClF3N3O. The number of aryl methyl sites for hydroxylation is 1. The highest BCUT2D eigenvalue weighted by molar-refractivity contribution is 6.31. The van der Waals surface area contributed by atoms with Gasteiger partial charge in [-0.1, -0.05) is 46.2 Å². The van der Waals surface area contributed by atoms with Crippen LogP contribution < -0.4 is 0 Å². The summed E-state index contributed by atoms with van der Waals surface area (Å²) in [4.78, 5) is 13.2. The van der Waals surface area contributed by atoms with E-state index < -0.39 is 24.0 Å². The fourth-order valence-electron chi connectivity index (χ4n) is 2.48. The molecule has 0 aliphatic rings. The van der Waals surface area contributed by atoms with Crippen LogP contribution in [0.1, 0.15) is 45.9 Å². The summed E-state index contributed by atoms with van der Waals surface area (Å²) < 4.78 is 40.0. The third kappa shape index (κ3) is 7.40. The molecule has 0 unspecified atom stereocenters. The Kier molecular flexibility index (Phi) is 7.33.